The molecule has 0 aliphatic heterocycles. The third-order valence-electron chi connectivity index (χ3n) is 13.3. The molecule has 0 aromatic carbocycles. The Morgan fingerprint density at radius 2 is 0.508 bits per heavy atom. The number of unbranched alkanes of at least 4 members (excludes halogenated alkanes) is 41. The van der Waals surface area contributed by atoms with Crippen LogP contribution in [0.1, 0.15) is 329 Å². The molecule has 0 heterocycles. The Labute approximate surface area is 405 Å². The van der Waals surface area contributed by atoms with E-state index in [1.165, 1.54) is 225 Å². The van der Waals surface area contributed by atoms with Crippen LogP contribution in [-0.2, 0) is 28.6 Å². The van der Waals surface area contributed by atoms with E-state index in [1.54, 1.807) is 0 Å². The van der Waals surface area contributed by atoms with Crippen LogP contribution in [-0.4, -0.2) is 37.2 Å². The molecule has 1 atom stereocenters. The Balaban J connectivity index is 4.01. The molecule has 0 saturated heterocycles. The zero-order chi connectivity index (χ0) is 47.2. The number of rotatable bonds is 54. The van der Waals surface area contributed by atoms with Crippen molar-refractivity contribution < 1.29 is 28.6 Å². The highest BCUT2D eigenvalue weighted by molar-refractivity contribution is 5.71. The normalized spacial score (nSPS) is 12.0. The third-order valence-corrected chi connectivity index (χ3v) is 13.3. The fraction of sp³-hybridized carbons (Fsp3) is 0.915. The number of allylic oxidation sites excluding steroid dienone is 2. The van der Waals surface area contributed by atoms with E-state index in [4.69, 9.17) is 14.2 Å². The molecule has 0 aliphatic rings. The van der Waals surface area contributed by atoms with Gasteiger partial charge in [0.25, 0.3) is 0 Å². The van der Waals surface area contributed by atoms with Crippen molar-refractivity contribution in [1.82, 2.24) is 0 Å². The summed E-state index contributed by atoms with van der Waals surface area (Å²) in [5.74, 6) is -0.868. The maximum atomic E-state index is 12.8. The van der Waals surface area contributed by atoms with E-state index in [2.05, 4.69) is 32.9 Å². The lowest BCUT2D eigenvalue weighted by Gasteiger charge is -2.18. The fourth-order valence-electron chi connectivity index (χ4n) is 8.85. The molecule has 1 unspecified atom stereocenters. The van der Waals surface area contributed by atoms with Crippen LogP contribution < -0.4 is 0 Å². The van der Waals surface area contributed by atoms with Gasteiger partial charge in [-0.3, -0.25) is 14.4 Å². The first-order valence-corrected chi connectivity index (χ1v) is 29.2. The molecule has 0 radical (unpaired) electrons. The Hall–Kier alpha value is -1.85. The predicted molar refractivity (Wildman–Crippen MR) is 280 cm³/mol. The number of carbonyl (C=O) groups excluding carboxylic acids is 3. The number of esters is 3. The van der Waals surface area contributed by atoms with E-state index < -0.39 is 6.10 Å². The molecule has 0 amide bonds. The standard InChI is InChI=1S/C59H112O6/c1-4-7-10-13-16-18-20-22-24-25-26-27-28-29-30-31-32-33-34-36-37-39-41-43-46-49-52-58(61)64-55-56(54-63-57(60)51-48-45-15-12-9-6-3)65-59(62)53-50-47-44-42-40-38-35-23-21-19-17-14-11-8-5-2/h23,35,56H,4-22,24-34,36-55H2,1-3H3/b35-23-. The van der Waals surface area contributed by atoms with Crippen molar-refractivity contribution in [3.05, 3.63) is 12.2 Å². The molecule has 0 bridgehead atoms. The molecule has 65 heavy (non-hydrogen) atoms. The molecule has 0 aromatic rings. The lowest BCUT2D eigenvalue weighted by molar-refractivity contribution is -0.167. The summed E-state index contributed by atoms with van der Waals surface area (Å²) < 4.78 is 16.7. The van der Waals surface area contributed by atoms with Crippen molar-refractivity contribution in [3.63, 3.8) is 0 Å². The van der Waals surface area contributed by atoms with E-state index in [9.17, 15) is 14.4 Å². The van der Waals surface area contributed by atoms with Gasteiger partial charge in [-0.1, -0.05) is 277 Å². The van der Waals surface area contributed by atoms with Gasteiger partial charge in [-0.25, -0.2) is 0 Å². The second-order valence-electron chi connectivity index (χ2n) is 19.9. The highest BCUT2D eigenvalue weighted by Gasteiger charge is 2.19. The van der Waals surface area contributed by atoms with Gasteiger partial charge in [-0.15, -0.1) is 0 Å². The van der Waals surface area contributed by atoms with E-state index in [0.717, 1.165) is 64.2 Å². The molecule has 0 N–H and O–H groups in total. The predicted octanol–water partition coefficient (Wildman–Crippen LogP) is 19.3. The smallest absolute Gasteiger partial charge is 0.306 e. The van der Waals surface area contributed by atoms with Crippen LogP contribution in [0.15, 0.2) is 12.2 Å². The zero-order valence-electron chi connectivity index (χ0n) is 44.0. The maximum absolute atomic E-state index is 12.8. The molecule has 0 spiro atoms. The summed E-state index contributed by atoms with van der Waals surface area (Å²) in [6.45, 7) is 6.62. The van der Waals surface area contributed by atoms with Gasteiger partial charge in [0.1, 0.15) is 13.2 Å². The quantitative estimate of drug-likeness (QED) is 0.0262. The SMILES string of the molecule is CCCCCCCC/C=C\CCCCCCCC(=O)OC(COC(=O)CCCCCCCC)COC(=O)CCCCCCCCCCCCCCCCCCCCCCCCCCCC. The van der Waals surface area contributed by atoms with Gasteiger partial charge < -0.3 is 14.2 Å². The van der Waals surface area contributed by atoms with Crippen LogP contribution >= 0.6 is 0 Å². The summed E-state index contributed by atoms with van der Waals surface area (Å²) in [7, 11) is 0. The first-order valence-electron chi connectivity index (χ1n) is 29.2. The molecule has 0 aliphatic carbocycles. The van der Waals surface area contributed by atoms with E-state index >= 15 is 0 Å². The Bertz CT molecular complexity index is 1010. The monoisotopic (exact) mass is 917 g/mol. The minimum Gasteiger partial charge on any atom is -0.462 e. The lowest BCUT2D eigenvalue weighted by atomic mass is 10.0. The molecule has 6 heteroatoms. The largest absolute Gasteiger partial charge is 0.462 e. The minimum absolute atomic E-state index is 0.0687. The lowest BCUT2D eigenvalue weighted by Crippen LogP contribution is -2.30. The molecule has 384 valence electrons. The van der Waals surface area contributed by atoms with Crippen molar-refractivity contribution in [1.29, 1.82) is 0 Å². The minimum atomic E-state index is -0.767. The first-order chi connectivity index (χ1) is 32.0. The Kier molecular flexibility index (Phi) is 53.2. The van der Waals surface area contributed by atoms with Crippen LogP contribution in [0.2, 0.25) is 0 Å². The average molecular weight is 918 g/mol. The van der Waals surface area contributed by atoms with Crippen molar-refractivity contribution in [3.8, 4) is 0 Å². The van der Waals surface area contributed by atoms with Crippen molar-refractivity contribution in [2.75, 3.05) is 13.2 Å². The number of hydrogen-bond donors (Lipinski definition) is 0. The fourth-order valence-corrected chi connectivity index (χ4v) is 8.85. The Morgan fingerprint density at radius 1 is 0.292 bits per heavy atom. The Morgan fingerprint density at radius 3 is 0.769 bits per heavy atom. The molecular formula is C59H112O6. The van der Waals surface area contributed by atoms with Gasteiger partial charge in [0, 0.05) is 19.3 Å². The van der Waals surface area contributed by atoms with Crippen LogP contribution in [0.5, 0.6) is 0 Å². The summed E-state index contributed by atoms with van der Waals surface area (Å²) in [5, 5.41) is 0. The van der Waals surface area contributed by atoms with Gasteiger partial charge in [0.05, 0.1) is 0 Å². The molecule has 0 rings (SSSR count). The number of hydrogen-bond acceptors (Lipinski definition) is 6. The topological polar surface area (TPSA) is 78.9 Å². The summed E-state index contributed by atoms with van der Waals surface area (Å²) >= 11 is 0. The van der Waals surface area contributed by atoms with Crippen molar-refractivity contribution >= 4 is 17.9 Å². The first kappa shape index (κ1) is 63.1. The zero-order valence-corrected chi connectivity index (χ0v) is 44.0. The second kappa shape index (κ2) is 54.8. The van der Waals surface area contributed by atoms with Crippen molar-refractivity contribution in [2.24, 2.45) is 0 Å². The molecule has 6 nitrogen and oxygen atoms in total. The van der Waals surface area contributed by atoms with Crippen LogP contribution in [0.3, 0.4) is 0 Å². The highest BCUT2D eigenvalue weighted by Crippen LogP contribution is 2.17. The van der Waals surface area contributed by atoms with E-state index in [-0.39, 0.29) is 31.1 Å². The number of ether oxygens (including phenoxy) is 3. The van der Waals surface area contributed by atoms with E-state index in [1.807, 2.05) is 0 Å². The molecule has 0 aromatic heterocycles. The molecular weight excluding hydrogens is 805 g/mol. The number of carbonyl (C=O) groups is 3. The van der Waals surface area contributed by atoms with Gasteiger partial charge >= 0.3 is 17.9 Å². The molecule has 0 saturated carbocycles. The average Bonchev–Trinajstić information content (AvgIpc) is 3.30. The molecule has 0 fully saturated rings. The van der Waals surface area contributed by atoms with Gasteiger partial charge in [0.15, 0.2) is 6.10 Å². The summed E-state index contributed by atoms with van der Waals surface area (Å²) in [6.07, 6.45) is 62.5. The summed E-state index contributed by atoms with van der Waals surface area (Å²) in [4.78, 5) is 37.8. The van der Waals surface area contributed by atoms with Gasteiger partial charge in [0.2, 0.25) is 0 Å². The van der Waals surface area contributed by atoms with Gasteiger partial charge in [-0.05, 0) is 44.9 Å². The maximum Gasteiger partial charge on any atom is 0.306 e. The van der Waals surface area contributed by atoms with E-state index in [0.29, 0.717) is 19.3 Å². The van der Waals surface area contributed by atoms with Crippen LogP contribution in [0, 0.1) is 0 Å². The van der Waals surface area contributed by atoms with Gasteiger partial charge in [-0.2, -0.15) is 0 Å². The van der Waals surface area contributed by atoms with Crippen molar-refractivity contribution in [2.45, 2.75) is 335 Å². The highest BCUT2D eigenvalue weighted by atomic mass is 16.6. The summed E-state index contributed by atoms with van der Waals surface area (Å²) in [5.41, 5.74) is 0. The third kappa shape index (κ3) is 53.0. The summed E-state index contributed by atoms with van der Waals surface area (Å²) in [6, 6.07) is 0. The van der Waals surface area contributed by atoms with Crippen LogP contribution in [0.25, 0.3) is 0 Å². The second-order valence-corrected chi connectivity index (χ2v) is 19.9. The van der Waals surface area contributed by atoms with Crippen LogP contribution in [0.4, 0.5) is 0 Å².